The van der Waals surface area contributed by atoms with Crippen LogP contribution < -0.4 is 11.1 Å². The van der Waals surface area contributed by atoms with Gasteiger partial charge in [-0.1, -0.05) is 4.49 Å². The average molecular weight is 258 g/mol. The number of hydrogen-bond acceptors (Lipinski definition) is 6. The Labute approximate surface area is 100.0 Å². The van der Waals surface area contributed by atoms with E-state index < -0.39 is 23.8 Å². The molecule has 0 aliphatic rings. The van der Waals surface area contributed by atoms with E-state index in [-0.39, 0.29) is 18.5 Å². The summed E-state index contributed by atoms with van der Waals surface area (Å²) < 4.78 is 3.48. The van der Waals surface area contributed by atoms with Crippen LogP contribution in [0.2, 0.25) is 0 Å². The van der Waals surface area contributed by atoms with Crippen LogP contribution in [0.3, 0.4) is 0 Å². The highest BCUT2D eigenvalue weighted by Crippen LogP contribution is 2.01. The van der Waals surface area contributed by atoms with Crippen molar-refractivity contribution < 1.29 is 19.5 Å². The van der Waals surface area contributed by atoms with Crippen LogP contribution in [-0.4, -0.2) is 38.5 Å². The summed E-state index contributed by atoms with van der Waals surface area (Å²) in [5, 5.41) is 16.0. The first-order valence-corrected chi connectivity index (χ1v) is 5.43. The number of rotatable bonds is 6. The fraction of sp³-hybridized carbons (Fsp3) is 0.375. The van der Waals surface area contributed by atoms with E-state index in [1.807, 2.05) is 0 Å². The van der Waals surface area contributed by atoms with Crippen molar-refractivity contribution >= 4 is 29.3 Å². The van der Waals surface area contributed by atoms with Gasteiger partial charge in [-0.05, 0) is 18.0 Å². The predicted molar refractivity (Wildman–Crippen MR) is 57.2 cm³/mol. The van der Waals surface area contributed by atoms with Gasteiger partial charge in [-0.2, -0.15) is 0 Å². The van der Waals surface area contributed by atoms with Crippen molar-refractivity contribution in [1.29, 1.82) is 0 Å². The summed E-state index contributed by atoms with van der Waals surface area (Å²) in [6, 6.07) is -1.17. The van der Waals surface area contributed by atoms with Crippen molar-refractivity contribution in [2.45, 2.75) is 18.9 Å². The second-order valence-corrected chi connectivity index (χ2v) is 3.77. The number of carboxylic acid groups (broad SMARTS) is 1. The highest BCUT2D eigenvalue weighted by Gasteiger charge is 2.22. The first-order valence-electron chi connectivity index (χ1n) is 4.59. The van der Waals surface area contributed by atoms with Gasteiger partial charge in [0.25, 0.3) is 5.91 Å². The van der Waals surface area contributed by atoms with E-state index in [1.165, 1.54) is 5.38 Å². The number of nitrogens with zero attached hydrogens (tertiary/aromatic N) is 2. The van der Waals surface area contributed by atoms with E-state index in [0.29, 0.717) is 0 Å². The van der Waals surface area contributed by atoms with Gasteiger partial charge in [-0.3, -0.25) is 9.59 Å². The minimum atomic E-state index is -1.23. The van der Waals surface area contributed by atoms with Crippen molar-refractivity contribution in [2.24, 2.45) is 5.73 Å². The summed E-state index contributed by atoms with van der Waals surface area (Å²) in [5.74, 6) is -2.50. The molecule has 1 rings (SSSR count). The van der Waals surface area contributed by atoms with Crippen molar-refractivity contribution in [3.63, 3.8) is 0 Å². The zero-order valence-electron chi connectivity index (χ0n) is 8.62. The fourth-order valence-corrected chi connectivity index (χ4v) is 1.48. The standard InChI is InChI=1S/C8H10N4O4S/c9-6(13)2-1-4(8(15)16)10-7(14)5-3-17-12-11-5/h3-4H,1-2H2,(H2,9,13)(H,10,14)(H,15,16). The second kappa shape index (κ2) is 5.89. The molecular formula is C8H10N4O4S. The SMILES string of the molecule is NC(=O)CCC(NC(=O)c1csnn1)C(=O)O. The zero-order chi connectivity index (χ0) is 12.8. The van der Waals surface area contributed by atoms with Crippen molar-refractivity contribution in [3.05, 3.63) is 11.1 Å². The van der Waals surface area contributed by atoms with Crippen molar-refractivity contribution in [2.75, 3.05) is 0 Å². The normalized spacial score (nSPS) is 11.8. The molecule has 4 N–H and O–H groups in total. The Bertz CT molecular complexity index is 419. The van der Waals surface area contributed by atoms with E-state index in [0.717, 1.165) is 11.5 Å². The number of hydrogen-bond donors (Lipinski definition) is 3. The average Bonchev–Trinajstić information content (AvgIpc) is 2.76. The molecule has 0 aliphatic heterocycles. The van der Waals surface area contributed by atoms with Crippen LogP contribution in [-0.2, 0) is 9.59 Å². The number of nitrogens with two attached hydrogens (primary N) is 1. The van der Waals surface area contributed by atoms with Gasteiger partial charge in [-0.15, -0.1) is 5.10 Å². The van der Waals surface area contributed by atoms with Gasteiger partial charge in [0.05, 0.1) is 0 Å². The quantitative estimate of drug-likeness (QED) is 0.598. The second-order valence-electron chi connectivity index (χ2n) is 3.16. The largest absolute Gasteiger partial charge is 0.480 e. The number of primary amides is 1. The summed E-state index contributed by atoms with van der Waals surface area (Å²) >= 11 is 0.978. The maximum Gasteiger partial charge on any atom is 0.326 e. The third-order valence-corrected chi connectivity index (χ3v) is 2.38. The first-order chi connectivity index (χ1) is 8.00. The molecule has 0 saturated heterocycles. The summed E-state index contributed by atoms with van der Waals surface area (Å²) in [5.41, 5.74) is 4.94. The molecule has 1 aromatic heterocycles. The Kier molecular flexibility index (Phi) is 4.52. The lowest BCUT2D eigenvalue weighted by Gasteiger charge is -2.12. The van der Waals surface area contributed by atoms with Gasteiger partial charge in [0.1, 0.15) is 6.04 Å². The number of carbonyl (C=O) groups is 3. The van der Waals surface area contributed by atoms with Crippen molar-refractivity contribution in [1.82, 2.24) is 14.9 Å². The Hall–Kier alpha value is -2.03. The van der Waals surface area contributed by atoms with Crippen LogP contribution >= 0.6 is 11.5 Å². The van der Waals surface area contributed by atoms with Crippen LogP contribution in [0.5, 0.6) is 0 Å². The lowest BCUT2D eigenvalue weighted by atomic mass is 10.1. The number of aromatic nitrogens is 2. The van der Waals surface area contributed by atoms with Crippen molar-refractivity contribution in [3.8, 4) is 0 Å². The highest BCUT2D eigenvalue weighted by atomic mass is 32.1. The van der Waals surface area contributed by atoms with E-state index in [2.05, 4.69) is 14.9 Å². The van der Waals surface area contributed by atoms with Gasteiger partial charge in [0, 0.05) is 11.8 Å². The molecule has 0 saturated carbocycles. The Morgan fingerprint density at radius 2 is 2.24 bits per heavy atom. The van der Waals surface area contributed by atoms with Gasteiger partial charge in [0.15, 0.2) is 5.69 Å². The zero-order valence-corrected chi connectivity index (χ0v) is 9.44. The van der Waals surface area contributed by atoms with Crippen LogP contribution in [0.1, 0.15) is 23.3 Å². The van der Waals surface area contributed by atoms with Crippen LogP contribution in [0.4, 0.5) is 0 Å². The third kappa shape index (κ3) is 4.15. The number of carboxylic acids is 1. The fourth-order valence-electron chi connectivity index (χ4n) is 1.04. The first kappa shape index (κ1) is 13.0. The number of carbonyl (C=O) groups excluding carboxylic acids is 2. The molecule has 92 valence electrons. The van der Waals surface area contributed by atoms with Crippen LogP contribution in [0, 0.1) is 0 Å². The van der Waals surface area contributed by atoms with E-state index in [9.17, 15) is 14.4 Å². The molecule has 8 nitrogen and oxygen atoms in total. The number of nitrogens with one attached hydrogen (secondary N) is 1. The molecule has 0 bridgehead atoms. The molecule has 2 amide bonds. The minimum Gasteiger partial charge on any atom is -0.480 e. The van der Waals surface area contributed by atoms with Gasteiger partial charge in [0.2, 0.25) is 5.91 Å². The lowest BCUT2D eigenvalue weighted by Crippen LogP contribution is -2.41. The maximum absolute atomic E-state index is 11.5. The Balaban J connectivity index is 2.58. The highest BCUT2D eigenvalue weighted by molar-refractivity contribution is 7.03. The Morgan fingerprint density at radius 1 is 1.53 bits per heavy atom. The maximum atomic E-state index is 11.5. The molecule has 0 spiro atoms. The molecule has 0 aromatic carbocycles. The molecule has 1 heterocycles. The minimum absolute atomic E-state index is 0.0420. The smallest absolute Gasteiger partial charge is 0.326 e. The molecular weight excluding hydrogens is 248 g/mol. The summed E-state index contributed by atoms with van der Waals surface area (Å²) in [4.78, 5) is 32.8. The van der Waals surface area contributed by atoms with Gasteiger partial charge in [-0.25, -0.2) is 4.79 Å². The summed E-state index contributed by atoms with van der Waals surface area (Å²) in [6.07, 6.45) is -0.180. The molecule has 0 aliphatic carbocycles. The van der Waals surface area contributed by atoms with E-state index in [1.54, 1.807) is 0 Å². The number of amides is 2. The molecule has 0 radical (unpaired) electrons. The van der Waals surface area contributed by atoms with E-state index in [4.69, 9.17) is 10.8 Å². The lowest BCUT2D eigenvalue weighted by molar-refractivity contribution is -0.139. The van der Waals surface area contributed by atoms with Crippen LogP contribution in [0.15, 0.2) is 5.38 Å². The van der Waals surface area contributed by atoms with Gasteiger partial charge < -0.3 is 16.2 Å². The van der Waals surface area contributed by atoms with Crippen LogP contribution in [0.25, 0.3) is 0 Å². The molecule has 1 atom stereocenters. The topological polar surface area (TPSA) is 135 Å². The molecule has 1 unspecified atom stereocenters. The molecule has 0 fully saturated rings. The molecule has 17 heavy (non-hydrogen) atoms. The number of aliphatic carboxylic acids is 1. The molecule has 9 heteroatoms. The van der Waals surface area contributed by atoms with E-state index >= 15 is 0 Å². The summed E-state index contributed by atoms with van der Waals surface area (Å²) in [7, 11) is 0. The monoisotopic (exact) mass is 258 g/mol. The predicted octanol–water partition coefficient (Wildman–Crippen LogP) is -1.01. The third-order valence-electron chi connectivity index (χ3n) is 1.88. The summed E-state index contributed by atoms with van der Waals surface area (Å²) in [6.45, 7) is 0. The Morgan fingerprint density at radius 3 is 2.71 bits per heavy atom. The van der Waals surface area contributed by atoms with Gasteiger partial charge >= 0.3 is 5.97 Å². The molecule has 1 aromatic rings.